The summed E-state index contributed by atoms with van der Waals surface area (Å²) in [6, 6.07) is 0. The van der Waals surface area contributed by atoms with Gasteiger partial charge in [0.2, 0.25) is 12.4 Å². The predicted octanol–water partition coefficient (Wildman–Crippen LogP) is 0.890. The maximum absolute atomic E-state index is 6.64. The first-order valence-electron chi connectivity index (χ1n) is 3.67. The van der Waals surface area contributed by atoms with Gasteiger partial charge in [-0.15, -0.1) is 0 Å². The van der Waals surface area contributed by atoms with Gasteiger partial charge >= 0.3 is 0 Å². The van der Waals surface area contributed by atoms with Crippen molar-refractivity contribution in [1.82, 2.24) is 9.78 Å². The summed E-state index contributed by atoms with van der Waals surface area (Å²) in [7, 11) is 3.43. The molecule has 1 aromatic heterocycles. The molecule has 0 spiro atoms. The van der Waals surface area contributed by atoms with Crippen molar-refractivity contribution in [2.75, 3.05) is 13.7 Å². The number of hydrogen-bond donors (Lipinski definition) is 0. The summed E-state index contributed by atoms with van der Waals surface area (Å²) in [5, 5.41) is 4.03. The first kappa shape index (κ1) is 8.60. The topological polar surface area (TPSA) is 31.4 Å². The van der Waals surface area contributed by atoms with Crippen LogP contribution in [0.2, 0.25) is 0 Å². The highest BCUT2D eigenvalue weighted by atomic mass is 16.5. The molecule has 0 aliphatic carbocycles. The van der Waals surface area contributed by atoms with Crippen molar-refractivity contribution in [2.45, 2.75) is 6.42 Å². The predicted molar refractivity (Wildman–Crippen MR) is 44.9 cm³/mol. The Morgan fingerprint density at radius 3 is 3.08 bits per heavy atom. The van der Waals surface area contributed by atoms with E-state index in [2.05, 4.69) is 9.94 Å². The van der Waals surface area contributed by atoms with E-state index < -0.39 is 0 Å². The van der Waals surface area contributed by atoms with Crippen molar-refractivity contribution in [2.24, 2.45) is 7.05 Å². The van der Waals surface area contributed by atoms with Crippen LogP contribution in [0.4, 0.5) is 0 Å². The van der Waals surface area contributed by atoms with E-state index in [0.717, 1.165) is 11.4 Å². The highest BCUT2D eigenvalue weighted by molar-refractivity contribution is 5.24. The molecule has 0 bridgehead atoms. The molecule has 0 amide bonds. The molecule has 64 valence electrons. The monoisotopic (exact) mass is 165 g/mol. The van der Waals surface area contributed by atoms with Gasteiger partial charge < -0.3 is 9.58 Å². The first-order chi connectivity index (χ1) is 5.79. The Morgan fingerprint density at radius 2 is 2.50 bits per heavy atom. The Labute approximate surface area is 71.6 Å². The van der Waals surface area contributed by atoms with E-state index in [1.54, 1.807) is 18.0 Å². The third kappa shape index (κ3) is 1.56. The first-order valence-corrected chi connectivity index (χ1v) is 3.67. The summed E-state index contributed by atoms with van der Waals surface area (Å²) in [5.41, 5.74) is 0.996. The van der Waals surface area contributed by atoms with Crippen LogP contribution in [0, 0.1) is 6.57 Å². The fourth-order valence-corrected chi connectivity index (χ4v) is 1.08. The van der Waals surface area contributed by atoms with Crippen molar-refractivity contribution >= 4 is 0 Å². The van der Waals surface area contributed by atoms with Crippen LogP contribution in [0.15, 0.2) is 6.20 Å². The molecule has 1 aromatic rings. The van der Waals surface area contributed by atoms with Gasteiger partial charge in [0, 0.05) is 12.6 Å². The zero-order valence-corrected chi connectivity index (χ0v) is 7.24. The quantitative estimate of drug-likeness (QED) is 0.623. The van der Waals surface area contributed by atoms with Gasteiger partial charge in [-0.3, -0.25) is 0 Å². The highest BCUT2D eigenvalue weighted by Gasteiger charge is 2.08. The second-order valence-electron chi connectivity index (χ2n) is 2.43. The molecule has 0 aliphatic rings. The van der Waals surface area contributed by atoms with Gasteiger partial charge in [-0.2, -0.15) is 5.10 Å². The van der Waals surface area contributed by atoms with E-state index in [4.69, 9.17) is 11.3 Å². The second kappa shape index (κ2) is 3.77. The summed E-state index contributed by atoms with van der Waals surface area (Å²) in [6.45, 7) is 7.13. The Morgan fingerprint density at radius 1 is 1.75 bits per heavy atom. The number of methoxy groups -OCH3 is 1. The lowest BCUT2D eigenvalue weighted by atomic mass is 10.2. The van der Waals surface area contributed by atoms with Crippen LogP contribution in [0.5, 0.6) is 5.88 Å². The van der Waals surface area contributed by atoms with E-state index in [0.29, 0.717) is 13.0 Å². The molecule has 0 aliphatic heterocycles. The minimum atomic E-state index is 0.488. The maximum Gasteiger partial charge on any atom is 0.218 e. The van der Waals surface area contributed by atoms with Crippen LogP contribution >= 0.6 is 0 Å². The van der Waals surface area contributed by atoms with Crippen LogP contribution in [0.1, 0.15) is 5.56 Å². The zero-order valence-electron chi connectivity index (χ0n) is 7.24. The van der Waals surface area contributed by atoms with E-state index in [9.17, 15) is 0 Å². The fourth-order valence-electron chi connectivity index (χ4n) is 1.08. The van der Waals surface area contributed by atoms with Crippen molar-refractivity contribution in [3.8, 4) is 5.88 Å². The van der Waals surface area contributed by atoms with E-state index in [1.807, 2.05) is 7.05 Å². The molecule has 0 aromatic carbocycles. The zero-order chi connectivity index (χ0) is 8.97. The molecule has 0 saturated carbocycles. The minimum absolute atomic E-state index is 0.488. The molecule has 12 heavy (non-hydrogen) atoms. The molecule has 1 rings (SSSR count). The average molecular weight is 165 g/mol. The molecule has 1 heterocycles. The molecule has 4 nitrogen and oxygen atoms in total. The molecule has 0 unspecified atom stereocenters. The SMILES string of the molecule is [C-]#[N+]CCc1cnn(C)c1OC. The standard InChI is InChI=1S/C8H11N3O/c1-9-5-4-7-6-10-11(2)8(7)12-3/h6H,4-5H2,2-3H3. The van der Waals surface area contributed by atoms with E-state index in [-0.39, 0.29) is 0 Å². The molecule has 0 fully saturated rings. The largest absolute Gasteiger partial charge is 0.481 e. The molecule has 0 saturated heterocycles. The number of nitrogens with zero attached hydrogens (tertiary/aromatic N) is 3. The molecular weight excluding hydrogens is 154 g/mol. The van der Waals surface area contributed by atoms with Crippen molar-refractivity contribution in [3.63, 3.8) is 0 Å². The molecule has 0 atom stereocenters. The number of rotatable bonds is 3. The average Bonchev–Trinajstić information content (AvgIpc) is 2.43. The van der Waals surface area contributed by atoms with Crippen LogP contribution < -0.4 is 4.74 Å². The van der Waals surface area contributed by atoms with E-state index >= 15 is 0 Å². The lowest BCUT2D eigenvalue weighted by molar-refractivity contribution is 0.369. The smallest absolute Gasteiger partial charge is 0.218 e. The van der Waals surface area contributed by atoms with Crippen molar-refractivity contribution in [1.29, 1.82) is 0 Å². The Kier molecular flexibility index (Phi) is 2.70. The van der Waals surface area contributed by atoms with Gasteiger partial charge in [-0.05, 0) is 0 Å². The minimum Gasteiger partial charge on any atom is -0.481 e. The molecule has 0 N–H and O–H groups in total. The summed E-state index contributed by atoms with van der Waals surface area (Å²) in [4.78, 5) is 3.27. The summed E-state index contributed by atoms with van der Waals surface area (Å²) < 4.78 is 6.78. The molecular formula is C8H11N3O. The van der Waals surface area contributed by atoms with Gasteiger partial charge in [0.1, 0.15) is 0 Å². The summed E-state index contributed by atoms with van der Waals surface area (Å²) in [6.07, 6.45) is 2.45. The van der Waals surface area contributed by atoms with Gasteiger partial charge in [0.05, 0.1) is 19.7 Å². The Bertz CT molecular complexity index is 298. The maximum atomic E-state index is 6.64. The summed E-state index contributed by atoms with van der Waals surface area (Å²) >= 11 is 0. The fraction of sp³-hybridized carbons (Fsp3) is 0.500. The number of ether oxygens (including phenoxy) is 1. The van der Waals surface area contributed by atoms with Gasteiger partial charge in [-0.25, -0.2) is 11.3 Å². The van der Waals surface area contributed by atoms with Crippen molar-refractivity contribution in [3.05, 3.63) is 23.2 Å². The Balaban J connectivity index is 2.78. The number of hydrogen-bond acceptors (Lipinski definition) is 2. The number of aryl methyl sites for hydroxylation is 1. The molecule has 0 radical (unpaired) electrons. The van der Waals surface area contributed by atoms with Crippen LogP contribution in [-0.4, -0.2) is 23.4 Å². The lowest BCUT2D eigenvalue weighted by Gasteiger charge is -2.00. The van der Waals surface area contributed by atoms with Gasteiger partial charge in [0.15, 0.2) is 0 Å². The summed E-state index contributed by atoms with van der Waals surface area (Å²) in [5.74, 6) is 0.749. The van der Waals surface area contributed by atoms with Gasteiger partial charge in [0.25, 0.3) is 0 Å². The van der Waals surface area contributed by atoms with E-state index in [1.165, 1.54) is 0 Å². The third-order valence-corrected chi connectivity index (χ3v) is 1.64. The lowest BCUT2D eigenvalue weighted by Crippen LogP contribution is -1.97. The Hall–Kier alpha value is -1.50. The van der Waals surface area contributed by atoms with Gasteiger partial charge in [-0.1, -0.05) is 0 Å². The van der Waals surface area contributed by atoms with Crippen molar-refractivity contribution < 1.29 is 4.74 Å². The number of aromatic nitrogens is 2. The highest BCUT2D eigenvalue weighted by Crippen LogP contribution is 2.16. The second-order valence-corrected chi connectivity index (χ2v) is 2.43. The van der Waals surface area contributed by atoms with Crippen LogP contribution in [0.3, 0.4) is 0 Å². The van der Waals surface area contributed by atoms with Crippen LogP contribution in [0.25, 0.3) is 4.85 Å². The van der Waals surface area contributed by atoms with Crippen LogP contribution in [-0.2, 0) is 13.5 Å². The molecule has 4 heteroatoms. The third-order valence-electron chi connectivity index (χ3n) is 1.64. The normalized spacial score (nSPS) is 9.42.